The van der Waals surface area contributed by atoms with Crippen LogP contribution in [-0.4, -0.2) is 25.2 Å². The van der Waals surface area contributed by atoms with Gasteiger partial charge in [0.15, 0.2) is 11.6 Å². The minimum Gasteiger partial charge on any atom is -0.497 e. The van der Waals surface area contributed by atoms with E-state index in [0.717, 1.165) is 5.69 Å². The maximum absolute atomic E-state index is 14.1. The van der Waals surface area contributed by atoms with Crippen LogP contribution in [0.4, 0.5) is 15.9 Å². The minimum atomic E-state index is -0.470. The van der Waals surface area contributed by atoms with Crippen LogP contribution in [0.1, 0.15) is 6.42 Å². The van der Waals surface area contributed by atoms with Gasteiger partial charge in [0.05, 0.1) is 12.1 Å². The van der Waals surface area contributed by atoms with Gasteiger partial charge in [0.2, 0.25) is 0 Å². The summed E-state index contributed by atoms with van der Waals surface area (Å²) in [6, 6.07) is 8.62. The second-order valence-electron chi connectivity index (χ2n) is 4.45. The smallest absolute Gasteiger partial charge is 0.169 e. The molecule has 0 spiro atoms. The number of nitrogens with two attached hydrogens (primary N) is 1. The molecule has 0 aliphatic carbocycles. The third-order valence-corrected chi connectivity index (χ3v) is 3.20. The summed E-state index contributed by atoms with van der Waals surface area (Å²) in [6.45, 7) is 1.06. The van der Waals surface area contributed by atoms with Crippen LogP contribution in [0.25, 0.3) is 0 Å². The molecule has 0 saturated carbocycles. The summed E-state index contributed by atoms with van der Waals surface area (Å²) in [6.07, 6.45) is 2.14. The third kappa shape index (κ3) is 3.83. The highest BCUT2D eigenvalue weighted by Gasteiger charge is 2.16. The Hall–Kier alpha value is -1.85. The van der Waals surface area contributed by atoms with Crippen LogP contribution >= 0.6 is 11.6 Å². The predicted octanol–water partition coefficient (Wildman–Crippen LogP) is 3.37. The number of anilines is 2. The summed E-state index contributed by atoms with van der Waals surface area (Å²) >= 11 is 5.76. The van der Waals surface area contributed by atoms with Crippen molar-refractivity contribution >= 4 is 23.1 Å². The third-order valence-electron chi connectivity index (χ3n) is 2.99. The first-order chi connectivity index (χ1) is 10.2. The first-order valence-electron chi connectivity index (χ1n) is 6.58. The summed E-state index contributed by atoms with van der Waals surface area (Å²) in [5, 5.41) is 0.265. The Morgan fingerprint density at radius 3 is 2.86 bits per heavy atom. The highest BCUT2D eigenvalue weighted by atomic mass is 35.5. The van der Waals surface area contributed by atoms with E-state index >= 15 is 0 Å². The molecule has 112 valence electrons. The molecule has 4 nitrogen and oxygen atoms in total. The van der Waals surface area contributed by atoms with Crippen molar-refractivity contribution in [2.75, 3.05) is 25.1 Å². The standard InChI is InChI=1S/C15H17ClFN3O/c1-21-13-5-2-4-12(9-13)20(7-3-6-18)15-14(17)8-11(16)10-19-15/h2,4-5,8-10H,3,6-7,18H2,1H3. The Kier molecular flexibility index (Phi) is 5.36. The molecular weight excluding hydrogens is 293 g/mol. The van der Waals surface area contributed by atoms with Gasteiger partial charge in [0.1, 0.15) is 5.75 Å². The Morgan fingerprint density at radius 2 is 2.19 bits per heavy atom. The normalized spacial score (nSPS) is 10.5. The van der Waals surface area contributed by atoms with Crippen LogP contribution in [0, 0.1) is 5.82 Å². The van der Waals surface area contributed by atoms with E-state index < -0.39 is 5.82 Å². The topological polar surface area (TPSA) is 51.4 Å². The van der Waals surface area contributed by atoms with Crippen molar-refractivity contribution in [1.82, 2.24) is 4.98 Å². The van der Waals surface area contributed by atoms with E-state index in [2.05, 4.69) is 4.98 Å². The quantitative estimate of drug-likeness (QED) is 0.889. The molecule has 0 atom stereocenters. The summed E-state index contributed by atoms with van der Waals surface area (Å²) in [7, 11) is 1.59. The average Bonchev–Trinajstić information content (AvgIpc) is 2.49. The summed E-state index contributed by atoms with van der Waals surface area (Å²) in [5.41, 5.74) is 6.35. The second kappa shape index (κ2) is 7.24. The highest BCUT2D eigenvalue weighted by molar-refractivity contribution is 6.30. The molecule has 0 fully saturated rings. The van der Waals surface area contributed by atoms with Gasteiger partial charge in [0, 0.05) is 24.5 Å². The van der Waals surface area contributed by atoms with Gasteiger partial charge in [-0.1, -0.05) is 17.7 Å². The average molecular weight is 310 g/mol. The number of halogens is 2. The Morgan fingerprint density at radius 1 is 1.38 bits per heavy atom. The fourth-order valence-corrected chi connectivity index (χ4v) is 2.14. The number of pyridine rings is 1. The number of hydrogen-bond acceptors (Lipinski definition) is 4. The summed E-state index contributed by atoms with van der Waals surface area (Å²) in [4.78, 5) is 5.87. The van der Waals surface area contributed by atoms with Crippen molar-refractivity contribution in [3.63, 3.8) is 0 Å². The van der Waals surface area contributed by atoms with Crippen LogP contribution < -0.4 is 15.4 Å². The molecule has 0 aliphatic heterocycles. The Balaban J connectivity index is 2.41. The molecule has 1 heterocycles. The largest absolute Gasteiger partial charge is 0.497 e. The van der Waals surface area contributed by atoms with Crippen LogP contribution in [0.3, 0.4) is 0 Å². The SMILES string of the molecule is COc1cccc(N(CCCN)c2ncc(Cl)cc2F)c1. The number of methoxy groups -OCH3 is 1. The molecule has 0 bridgehead atoms. The van der Waals surface area contributed by atoms with Gasteiger partial charge in [-0.25, -0.2) is 9.37 Å². The molecule has 2 rings (SSSR count). The van der Waals surface area contributed by atoms with Crippen molar-refractivity contribution in [3.05, 3.63) is 47.4 Å². The van der Waals surface area contributed by atoms with Crippen LogP contribution in [-0.2, 0) is 0 Å². The molecular formula is C15H17ClFN3O. The maximum Gasteiger partial charge on any atom is 0.169 e. The molecule has 2 N–H and O–H groups in total. The van der Waals surface area contributed by atoms with Crippen LogP contribution in [0.2, 0.25) is 5.02 Å². The van der Waals surface area contributed by atoms with Gasteiger partial charge in [0.25, 0.3) is 0 Å². The highest BCUT2D eigenvalue weighted by Crippen LogP contribution is 2.29. The number of hydrogen-bond donors (Lipinski definition) is 1. The lowest BCUT2D eigenvalue weighted by Gasteiger charge is -2.24. The number of nitrogens with zero attached hydrogens (tertiary/aromatic N) is 2. The number of rotatable bonds is 6. The number of benzene rings is 1. The van der Waals surface area contributed by atoms with Gasteiger partial charge >= 0.3 is 0 Å². The van der Waals surface area contributed by atoms with Crippen molar-refractivity contribution < 1.29 is 9.13 Å². The second-order valence-corrected chi connectivity index (χ2v) is 4.89. The Bertz CT molecular complexity index is 609. The van der Waals surface area contributed by atoms with E-state index in [-0.39, 0.29) is 10.8 Å². The molecule has 0 aliphatic rings. The van der Waals surface area contributed by atoms with E-state index in [4.69, 9.17) is 22.1 Å². The lowest BCUT2D eigenvalue weighted by atomic mass is 10.2. The van der Waals surface area contributed by atoms with E-state index in [1.165, 1.54) is 12.3 Å². The molecule has 1 aromatic heterocycles. The zero-order valence-corrected chi connectivity index (χ0v) is 12.5. The molecule has 0 unspecified atom stereocenters. The zero-order valence-electron chi connectivity index (χ0n) is 11.7. The monoisotopic (exact) mass is 309 g/mol. The lowest BCUT2D eigenvalue weighted by Crippen LogP contribution is -2.23. The summed E-state index contributed by atoms with van der Waals surface area (Å²) < 4.78 is 19.4. The van der Waals surface area contributed by atoms with Gasteiger partial charge in [-0.15, -0.1) is 0 Å². The minimum absolute atomic E-state index is 0.223. The molecule has 1 aromatic carbocycles. The first-order valence-corrected chi connectivity index (χ1v) is 6.96. The fourth-order valence-electron chi connectivity index (χ4n) is 1.99. The number of ether oxygens (including phenoxy) is 1. The van der Waals surface area contributed by atoms with Gasteiger partial charge in [-0.05, 0) is 31.2 Å². The van der Waals surface area contributed by atoms with Gasteiger partial charge in [-0.3, -0.25) is 0 Å². The van der Waals surface area contributed by atoms with E-state index in [9.17, 15) is 4.39 Å². The molecule has 0 saturated heterocycles. The first kappa shape index (κ1) is 15.5. The van der Waals surface area contributed by atoms with E-state index in [1.54, 1.807) is 12.0 Å². The Labute approximate surface area is 128 Å². The zero-order chi connectivity index (χ0) is 15.2. The van der Waals surface area contributed by atoms with Gasteiger partial charge in [-0.2, -0.15) is 0 Å². The van der Waals surface area contributed by atoms with Crippen LogP contribution in [0.15, 0.2) is 36.5 Å². The lowest BCUT2D eigenvalue weighted by molar-refractivity contribution is 0.415. The van der Waals surface area contributed by atoms with E-state index in [0.29, 0.717) is 25.3 Å². The maximum atomic E-state index is 14.1. The molecule has 6 heteroatoms. The fraction of sp³-hybridized carbons (Fsp3) is 0.267. The number of aromatic nitrogens is 1. The van der Waals surface area contributed by atoms with Crippen molar-refractivity contribution in [2.24, 2.45) is 5.73 Å². The molecule has 0 amide bonds. The summed E-state index contributed by atoms with van der Waals surface area (Å²) in [5.74, 6) is 0.447. The molecule has 0 radical (unpaired) electrons. The van der Waals surface area contributed by atoms with Crippen molar-refractivity contribution in [3.8, 4) is 5.75 Å². The van der Waals surface area contributed by atoms with Crippen molar-refractivity contribution in [1.29, 1.82) is 0 Å². The van der Waals surface area contributed by atoms with Crippen molar-refractivity contribution in [2.45, 2.75) is 6.42 Å². The predicted molar refractivity (Wildman–Crippen MR) is 82.9 cm³/mol. The molecule has 21 heavy (non-hydrogen) atoms. The van der Waals surface area contributed by atoms with Crippen LogP contribution in [0.5, 0.6) is 5.75 Å². The molecule has 2 aromatic rings. The van der Waals surface area contributed by atoms with Gasteiger partial charge < -0.3 is 15.4 Å². The van der Waals surface area contributed by atoms with E-state index in [1.807, 2.05) is 24.3 Å².